The molecule has 182 valence electrons. The van der Waals surface area contributed by atoms with E-state index in [1.54, 1.807) is 11.0 Å². The van der Waals surface area contributed by atoms with Crippen molar-refractivity contribution in [2.24, 2.45) is 0 Å². The summed E-state index contributed by atoms with van der Waals surface area (Å²) in [5.74, 6) is -1.13. The van der Waals surface area contributed by atoms with Crippen LogP contribution in [0, 0.1) is 11.6 Å². The number of hydrogen-bond acceptors (Lipinski definition) is 5. The van der Waals surface area contributed by atoms with Gasteiger partial charge in [-0.1, -0.05) is 18.2 Å². The molecule has 0 saturated heterocycles. The second-order valence-corrected chi connectivity index (χ2v) is 8.78. The molecule has 1 N–H and O–H groups in total. The van der Waals surface area contributed by atoms with Crippen LogP contribution in [0.25, 0.3) is 0 Å². The normalized spacial score (nSPS) is 11.7. The Morgan fingerprint density at radius 3 is 2.60 bits per heavy atom. The van der Waals surface area contributed by atoms with Crippen LogP contribution in [-0.2, 0) is 17.9 Å². The van der Waals surface area contributed by atoms with Gasteiger partial charge in [0, 0.05) is 29.7 Å². The minimum absolute atomic E-state index is 0.0752. The molecule has 35 heavy (non-hydrogen) atoms. The van der Waals surface area contributed by atoms with Crippen molar-refractivity contribution < 1.29 is 27.8 Å². The first-order valence-electron chi connectivity index (χ1n) is 10.7. The first-order chi connectivity index (χ1) is 16.9. The number of nitrogens with one attached hydrogen (secondary N) is 1. The second-order valence-electron chi connectivity index (χ2n) is 7.75. The molecule has 0 atom stereocenters. The summed E-state index contributed by atoms with van der Waals surface area (Å²) in [6, 6.07) is 11.7. The molecule has 0 unspecified atom stereocenters. The van der Waals surface area contributed by atoms with Crippen LogP contribution in [0.15, 0.2) is 66.6 Å². The number of urea groups is 1. The molecule has 2 heterocycles. The van der Waals surface area contributed by atoms with E-state index in [1.165, 1.54) is 28.4 Å². The quantitative estimate of drug-likeness (QED) is 0.421. The fraction of sp³-hybridized carbons (Fsp3) is 0.200. The van der Waals surface area contributed by atoms with Gasteiger partial charge in [-0.15, -0.1) is 17.9 Å². The highest BCUT2D eigenvalue weighted by molar-refractivity contribution is 7.09. The van der Waals surface area contributed by atoms with Gasteiger partial charge < -0.3 is 24.6 Å². The van der Waals surface area contributed by atoms with Crippen molar-refractivity contribution in [1.82, 2.24) is 9.80 Å². The zero-order valence-electron chi connectivity index (χ0n) is 18.7. The van der Waals surface area contributed by atoms with E-state index in [1.807, 2.05) is 29.6 Å². The fourth-order valence-corrected chi connectivity index (χ4v) is 4.22. The van der Waals surface area contributed by atoms with Crippen LogP contribution >= 0.6 is 11.3 Å². The zero-order chi connectivity index (χ0) is 24.8. The maximum atomic E-state index is 13.5. The number of hydrogen-bond donors (Lipinski definition) is 1. The van der Waals surface area contributed by atoms with Crippen molar-refractivity contribution >= 4 is 29.0 Å². The number of amides is 3. The lowest BCUT2D eigenvalue weighted by Gasteiger charge is -2.27. The van der Waals surface area contributed by atoms with Gasteiger partial charge in [-0.05, 0) is 41.3 Å². The Kier molecular flexibility index (Phi) is 7.61. The smallest absolute Gasteiger partial charge is 0.322 e. The SMILES string of the molecule is C=CCN(CC(=O)N(Cc1ccc2c(c1)OCO2)Cc1cccs1)C(=O)Nc1ccc(F)c(F)c1. The van der Waals surface area contributed by atoms with Gasteiger partial charge in [-0.2, -0.15) is 0 Å². The van der Waals surface area contributed by atoms with Crippen molar-refractivity contribution in [3.63, 3.8) is 0 Å². The van der Waals surface area contributed by atoms with Gasteiger partial charge in [-0.3, -0.25) is 4.79 Å². The molecule has 1 aromatic heterocycles. The van der Waals surface area contributed by atoms with Crippen LogP contribution in [0.2, 0.25) is 0 Å². The van der Waals surface area contributed by atoms with Crippen LogP contribution in [0.1, 0.15) is 10.4 Å². The van der Waals surface area contributed by atoms with Crippen LogP contribution in [-0.4, -0.2) is 41.6 Å². The van der Waals surface area contributed by atoms with Gasteiger partial charge in [0.25, 0.3) is 0 Å². The Morgan fingerprint density at radius 2 is 1.86 bits per heavy atom. The number of anilines is 1. The van der Waals surface area contributed by atoms with Gasteiger partial charge in [0.2, 0.25) is 12.7 Å². The van der Waals surface area contributed by atoms with E-state index in [0.717, 1.165) is 22.6 Å². The Bertz CT molecular complexity index is 1220. The Morgan fingerprint density at radius 1 is 1.03 bits per heavy atom. The van der Waals surface area contributed by atoms with Crippen molar-refractivity contribution in [3.8, 4) is 11.5 Å². The van der Waals surface area contributed by atoms with Gasteiger partial charge >= 0.3 is 6.03 Å². The largest absolute Gasteiger partial charge is 0.454 e. The lowest BCUT2D eigenvalue weighted by atomic mass is 10.2. The summed E-state index contributed by atoms with van der Waals surface area (Å²) >= 11 is 1.53. The molecule has 0 aliphatic carbocycles. The number of thiophene rings is 1. The van der Waals surface area contributed by atoms with E-state index in [0.29, 0.717) is 24.6 Å². The first-order valence-corrected chi connectivity index (χ1v) is 11.6. The number of benzene rings is 2. The summed E-state index contributed by atoms with van der Waals surface area (Å²) in [7, 11) is 0. The van der Waals surface area contributed by atoms with Crippen LogP contribution < -0.4 is 14.8 Å². The number of nitrogens with zero attached hydrogens (tertiary/aromatic N) is 2. The van der Waals surface area contributed by atoms with Gasteiger partial charge in [0.15, 0.2) is 23.1 Å². The number of halogens is 2. The molecule has 0 bridgehead atoms. The summed E-state index contributed by atoms with van der Waals surface area (Å²) in [5.41, 5.74) is 0.923. The van der Waals surface area contributed by atoms with E-state index >= 15 is 0 Å². The first kappa shape index (κ1) is 24.2. The fourth-order valence-electron chi connectivity index (χ4n) is 3.50. The number of fused-ring (bicyclic) bond motifs is 1. The molecule has 0 saturated carbocycles. The van der Waals surface area contributed by atoms with Gasteiger partial charge in [-0.25, -0.2) is 13.6 Å². The highest BCUT2D eigenvalue weighted by Gasteiger charge is 2.23. The third-order valence-electron chi connectivity index (χ3n) is 5.22. The molecule has 7 nitrogen and oxygen atoms in total. The lowest BCUT2D eigenvalue weighted by molar-refractivity contribution is -0.132. The molecule has 1 aliphatic rings. The highest BCUT2D eigenvalue weighted by Crippen LogP contribution is 2.33. The van der Waals surface area contributed by atoms with Gasteiger partial charge in [0.05, 0.1) is 6.54 Å². The minimum Gasteiger partial charge on any atom is -0.454 e. The molecule has 0 radical (unpaired) electrons. The average molecular weight is 500 g/mol. The number of carbonyl (C=O) groups excluding carboxylic acids is 2. The van der Waals surface area contributed by atoms with E-state index in [4.69, 9.17) is 9.47 Å². The van der Waals surface area contributed by atoms with Crippen LogP contribution in [0.5, 0.6) is 11.5 Å². The minimum atomic E-state index is -1.08. The number of carbonyl (C=O) groups is 2. The molecule has 4 rings (SSSR count). The standard InChI is InChI=1S/C25H23F2N3O4S/c1-2-9-29(25(32)28-18-6-7-20(26)21(27)12-18)15-24(31)30(14-19-4-3-10-35-19)13-17-5-8-22-23(11-17)34-16-33-22/h2-8,10-12H,1,9,13-16H2,(H,28,32). The maximum Gasteiger partial charge on any atom is 0.322 e. The number of rotatable bonds is 9. The molecular formula is C25H23F2N3O4S. The molecule has 0 spiro atoms. The molecule has 0 fully saturated rings. The molecule has 3 amide bonds. The van der Waals surface area contributed by atoms with Crippen molar-refractivity contribution in [2.75, 3.05) is 25.2 Å². The van der Waals surface area contributed by atoms with Gasteiger partial charge in [0.1, 0.15) is 6.54 Å². The maximum absolute atomic E-state index is 13.5. The topological polar surface area (TPSA) is 71.1 Å². The second kappa shape index (κ2) is 11.0. The summed E-state index contributed by atoms with van der Waals surface area (Å²) < 4.78 is 37.5. The summed E-state index contributed by atoms with van der Waals surface area (Å²) in [5, 5.41) is 4.42. The molecule has 1 aliphatic heterocycles. The molecule has 2 aromatic carbocycles. The summed E-state index contributed by atoms with van der Waals surface area (Å²) in [6.45, 7) is 4.30. The molecular weight excluding hydrogens is 476 g/mol. The van der Waals surface area contributed by atoms with E-state index in [9.17, 15) is 18.4 Å². The van der Waals surface area contributed by atoms with Crippen molar-refractivity contribution in [2.45, 2.75) is 13.1 Å². The Balaban J connectivity index is 1.49. The number of ether oxygens (including phenoxy) is 2. The highest BCUT2D eigenvalue weighted by atomic mass is 32.1. The van der Waals surface area contributed by atoms with Crippen LogP contribution in [0.3, 0.4) is 0 Å². The Labute approximate surface area is 205 Å². The zero-order valence-corrected chi connectivity index (χ0v) is 19.5. The Hall–Kier alpha value is -3.92. The monoisotopic (exact) mass is 499 g/mol. The summed E-state index contributed by atoms with van der Waals surface area (Å²) in [4.78, 5) is 30.0. The average Bonchev–Trinajstić information content (AvgIpc) is 3.52. The molecule has 10 heteroatoms. The van der Waals surface area contributed by atoms with E-state index < -0.39 is 17.7 Å². The van der Waals surface area contributed by atoms with E-state index in [2.05, 4.69) is 11.9 Å². The van der Waals surface area contributed by atoms with Crippen molar-refractivity contribution in [3.05, 3.63) is 88.6 Å². The lowest BCUT2D eigenvalue weighted by Crippen LogP contribution is -2.44. The predicted octanol–water partition coefficient (Wildman–Crippen LogP) is 5.00. The summed E-state index contributed by atoms with van der Waals surface area (Å²) in [6.07, 6.45) is 1.49. The molecule has 3 aromatic rings. The third-order valence-corrected chi connectivity index (χ3v) is 6.08. The van der Waals surface area contributed by atoms with Crippen LogP contribution in [0.4, 0.5) is 19.3 Å². The van der Waals surface area contributed by atoms with Crippen molar-refractivity contribution in [1.29, 1.82) is 0 Å². The third kappa shape index (κ3) is 6.15. The van der Waals surface area contributed by atoms with E-state index in [-0.39, 0.29) is 31.5 Å². The predicted molar refractivity (Wildman–Crippen MR) is 128 cm³/mol.